The fourth-order valence-electron chi connectivity index (χ4n) is 2.36. The second kappa shape index (κ2) is 8.36. The molecule has 0 unspecified atom stereocenters. The minimum absolute atomic E-state index is 0.138. The first kappa shape index (κ1) is 19.3. The standard InChI is InChI=1S/C18H21ClN2O3S/c1-14-8-9-16(13-17(14)19)21(25(2,23)24)11-10-20-18(22)12-15-6-4-3-5-7-15/h3-9,13H,10-12H2,1-2H3,(H,20,22). The summed E-state index contributed by atoms with van der Waals surface area (Å²) in [5.74, 6) is -0.151. The van der Waals surface area contributed by atoms with Crippen LogP contribution in [0.1, 0.15) is 11.1 Å². The van der Waals surface area contributed by atoms with Gasteiger partial charge in [0.1, 0.15) is 0 Å². The van der Waals surface area contributed by atoms with Crippen LogP contribution in [0.15, 0.2) is 48.5 Å². The van der Waals surface area contributed by atoms with Crippen LogP contribution in [-0.2, 0) is 21.2 Å². The number of carbonyl (C=O) groups excluding carboxylic acids is 1. The van der Waals surface area contributed by atoms with Gasteiger partial charge in [-0.25, -0.2) is 8.42 Å². The summed E-state index contributed by atoms with van der Waals surface area (Å²) in [5, 5.41) is 3.25. The van der Waals surface area contributed by atoms with Crippen LogP contribution >= 0.6 is 11.6 Å². The molecule has 0 spiro atoms. The van der Waals surface area contributed by atoms with E-state index in [1.54, 1.807) is 18.2 Å². The van der Waals surface area contributed by atoms with Gasteiger partial charge in [-0.15, -0.1) is 0 Å². The van der Waals surface area contributed by atoms with Gasteiger partial charge in [0, 0.05) is 11.6 Å². The number of nitrogens with one attached hydrogen (secondary N) is 1. The molecular weight excluding hydrogens is 360 g/mol. The molecule has 0 radical (unpaired) electrons. The maximum Gasteiger partial charge on any atom is 0.232 e. The van der Waals surface area contributed by atoms with Gasteiger partial charge in [-0.1, -0.05) is 48.0 Å². The molecule has 1 N–H and O–H groups in total. The van der Waals surface area contributed by atoms with E-state index >= 15 is 0 Å². The summed E-state index contributed by atoms with van der Waals surface area (Å²) >= 11 is 6.09. The Morgan fingerprint density at radius 3 is 2.44 bits per heavy atom. The summed E-state index contributed by atoms with van der Waals surface area (Å²) in [7, 11) is -3.48. The molecule has 0 aliphatic carbocycles. The monoisotopic (exact) mass is 380 g/mol. The van der Waals surface area contributed by atoms with Gasteiger partial charge in [-0.05, 0) is 30.2 Å². The summed E-state index contributed by atoms with van der Waals surface area (Å²) in [6, 6.07) is 14.5. The molecule has 0 aliphatic rings. The van der Waals surface area contributed by atoms with Crippen molar-refractivity contribution in [2.24, 2.45) is 0 Å². The largest absolute Gasteiger partial charge is 0.354 e. The number of benzene rings is 2. The number of hydrogen-bond donors (Lipinski definition) is 1. The number of sulfonamides is 1. The van der Waals surface area contributed by atoms with Crippen LogP contribution in [0.25, 0.3) is 0 Å². The molecule has 134 valence electrons. The quantitative estimate of drug-likeness (QED) is 0.803. The first-order chi connectivity index (χ1) is 11.8. The Morgan fingerprint density at radius 2 is 1.84 bits per heavy atom. The first-order valence-corrected chi connectivity index (χ1v) is 10.0. The predicted octanol–water partition coefficient (Wildman–Crippen LogP) is 2.77. The maximum atomic E-state index is 12.1. The predicted molar refractivity (Wildman–Crippen MR) is 102 cm³/mol. The fraction of sp³-hybridized carbons (Fsp3) is 0.278. The summed E-state index contributed by atoms with van der Waals surface area (Å²) in [4.78, 5) is 12.0. The first-order valence-electron chi connectivity index (χ1n) is 7.82. The van der Waals surface area contributed by atoms with E-state index in [0.29, 0.717) is 10.7 Å². The lowest BCUT2D eigenvalue weighted by molar-refractivity contribution is -0.120. The zero-order valence-corrected chi connectivity index (χ0v) is 15.8. The summed E-state index contributed by atoms with van der Waals surface area (Å²) in [6.07, 6.45) is 1.39. The van der Waals surface area contributed by atoms with Gasteiger partial charge >= 0.3 is 0 Å². The normalized spacial score (nSPS) is 11.2. The topological polar surface area (TPSA) is 66.5 Å². The number of rotatable bonds is 7. The molecule has 0 fully saturated rings. The SMILES string of the molecule is Cc1ccc(N(CCNC(=O)Cc2ccccc2)S(C)(=O)=O)cc1Cl. The fourth-order valence-corrected chi connectivity index (χ4v) is 3.46. The highest BCUT2D eigenvalue weighted by Gasteiger charge is 2.18. The van der Waals surface area contributed by atoms with Crippen LogP contribution in [0.4, 0.5) is 5.69 Å². The van der Waals surface area contributed by atoms with E-state index < -0.39 is 10.0 Å². The van der Waals surface area contributed by atoms with Crippen molar-refractivity contribution >= 4 is 33.2 Å². The van der Waals surface area contributed by atoms with Crippen molar-refractivity contribution in [2.45, 2.75) is 13.3 Å². The Morgan fingerprint density at radius 1 is 1.16 bits per heavy atom. The maximum absolute atomic E-state index is 12.1. The van der Waals surface area contributed by atoms with Crippen LogP contribution in [0.3, 0.4) is 0 Å². The molecule has 2 aromatic rings. The number of amides is 1. The van der Waals surface area contributed by atoms with Crippen molar-refractivity contribution < 1.29 is 13.2 Å². The molecule has 1 amide bonds. The van der Waals surface area contributed by atoms with E-state index in [9.17, 15) is 13.2 Å². The second-order valence-electron chi connectivity index (χ2n) is 5.78. The van der Waals surface area contributed by atoms with Crippen molar-refractivity contribution in [1.82, 2.24) is 5.32 Å². The molecule has 7 heteroatoms. The number of hydrogen-bond acceptors (Lipinski definition) is 3. The second-order valence-corrected chi connectivity index (χ2v) is 8.09. The van der Waals surface area contributed by atoms with Crippen molar-refractivity contribution in [3.8, 4) is 0 Å². The van der Waals surface area contributed by atoms with Gasteiger partial charge in [0.15, 0.2) is 0 Å². The zero-order valence-electron chi connectivity index (χ0n) is 14.2. The lowest BCUT2D eigenvalue weighted by atomic mass is 10.1. The Labute approximate surface area is 153 Å². The minimum Gasteiger partial charge on any atom is -0.354 e. The van der Waals surface area contributed by atoms with Crippen LogP contribution in [0.2, 0.25) is 5.02 Å². The molecule has 5 nitrogen and oxygen atoms in total. The minimum atomic E-state index is -3.48. The Balaban J connectivity index is 1.99. The smallest absolute Gasteiger partial charge is 0.232 e. The molecule has 0 aromatic heterocycles. The van der Waals surface area contributed by atoms with Crippen LogP contribution < -0.4 is 9.62 Å². The van der Waals surface area contributed by atoms with Gasteiger partial charge in [-0.3, -0.25) is 9.10 Å². The third-order valence-corrected chi connectivity index (χ3v) is 5.29. The van der Waals surface area contributed by atoms with Crippen molar-refractivity contribution in [3.63, 3.8) is 0 Å². The third kappa shape index (κ3) is 5.76. The van der Waals surface area contributed by atoms with Crippen molar-refractivity contribution in [2.75, 3.05) is 23.7 Å². The number of nitrogens with zero attached hydrogens (tertiary/aromatic N) is 1. The van der Waals surface area contributed by atoms with Crippen molar-refractivity contribution in [1.29, 1.82) is 0 Å². The summed E-state index contributed by atoms with van der Waals surface area (Å²) < 4.78 is 25.4. The van der Waals surface area contributed by atoms with E-state index in [-0.39, 0.29) is 25.4 Å². The van der Waals surface area contributed by atoms with E-state index in [1.165, 1.54) is 4.31 Å². The van der Waals surface area contributed by atoms with Gasteiger partial charge in [0.25, 0.3) is 0 Å². The number of aryl methyl sites for hydroxylation is 1. The van der Waals surface area contributed by atoms with E-state index in [2.05, 4.69) is 5.32 Å². The highest BCUT2D eigenvalue weighted by atomic mass is 35.5. The van der Waals surface area contributed by atoms with E-state index in [0.717, 1.165) is 17.4 Å². The third-order valence-electron chi connectivity index (χ3n) is 3.69. The average molecular weight is 381 g/mol. The van der Waals surface area contributed by atoms with Gasteiger partial charge in [0.05, 0.1) is 24.9 Å². The number of halogens is 1. The Hall–Kier alpha value is -2.05. The van der Waals surface area contributed by atoms with Gasteiger partial charge < -0.3 is 5.32 Å². The molecule has 0 heterocycles. The molecule has 25 heavy (non-hydrogen) atoms. The summed E-state index contributed by atoms with van der Waals surface area (Å²) in [5.41, 5.74) is 2.26. The zero-order chi connectivity index (χ0) is 18.4. The molecule has 0 bridgehead atoms. The lowest BCUT2D eigenvalue weighted by Crippen LogP contribution is -2.38. The van der Waals surface area contributed by atoms with Crippen LogP contribution in [-0.4, -0.2) is 33.7 Å². The molecular formula is C18H21ClN2O3S. The van der Waals surface area contributed by atoms with Gasteiger partial charge in [0.2, 0.25) is 15.9 Å². The Bertz CT molecular complexity index is 839. The number of anilines is 1. The molecule has 0 saturated carbocycles. The van der Waals surface area contributed by atoms with Crippen LogP contribution in [0, 0.1) is 6.92 Å². The lowest BCUT2D eigenvalue weighted by Gasteiger charge is -2.23. The van der Waals surface area contributed by atoms with Crippen molar-refractivity contribution in [3.05, 3.63) is 64.7 Å². The van der Waals surface area contributed by atoms with Crippen LogP contribution in [0.5, 0.6) is 0 Å². The van der Waals surface area contributed by atoms with E-state index in [4.69, 9.17) is 11.6 Å². The molecule has 2 rings (SSSR count). The highest BCUT2D eigenvalue weighted by molar-refractivity contribution is 7.92. The van der Waals surface area contributed by atoms with Gasteiger partial charge in [-0.2, -0.15) is 0 Å². The highest BCUT2D eigenvalue weighted by Crippen LogP contribution is 2.24. The summed E-state index contributed by atoms with van der Waals surface area (Å²) in [6.45, 7) is 2.20. The number of carbonyl (C=O) groups is 1. The average Bonchev–Trinajstić information content (AvgIpc) is 2.54. The molecule has 0 atom stereocenters. The molecule has 0 saturated heterocycles. The van der Waals surface area contributed by atoms with E-state index in [1.807, 2.05) is 37.3 Å². The molecule has 0 aliphatic heterocycles. The molecule has 2 aromatic carbocycles. The Kier molecular flexibility index (Phi) is 6.45.